The Balaban J connectivity index is 1.29. The van der Waals surface area contributed by atoms with Crippen molar-refractivity contribution in [1.82, 2.24) is 19.9 Å². The molecule has 4 aliphatic rings. The van der Waals surface area contributed by atoms with Gasteiger partial charge in [0.2, 0.25) is 0 Å². The van der Waals surface area contributed by atoms with E-state index in [9.17, 15) is 9.50 Å². The van der Waals surface area contributed by atoms with Crippen LogP contribution in [0.3, 0.4) is 0 Å². The summed E-state index contributed by atoms with van der Waals surface area (Å²) in [6, 6.07) is 5.98. The molecule has 4 aromatic rings. The number of phenolic OH excluding ortho intramolecular Hbond substituents is 1. The predicted molar refractivity (Wildman–Crippen MR) is 208 cm³/mol. The summed E-state index contributed by atoms with van der Waals surface area (Å²) in [6.45, 7) is 15.9. The first-order valence-electron chi connectivity index (χ1n) is 19.6. The molecule has 286 valence electrons. The standard InChI is InChI=1S/C42H50F3N5O3Si/c1-24(2)54(25(3)4,26(5)6)16-11-30-33(44)10-9-27-17-29(51)18-31(36(27)30)38-37(45)39-32(21-46-38)40(50-14-8-15-52-35-19-34(35)50)48-41(47-39)53-23-42-12-7-13-49(42)22-28(43)20-42/h9-10,17-18,21,24-26,28,34-35,51H,7-8,12-15,19-20,22-23H2,1-6H3/t28-,34?,35?,42+/m1/s1. The molecule has 4 atom stereocenters. The molecule has 0 radical (unpaired) electrons. The number of anilines is 1. The number of ether oxygens (including phenoxy) is 2. The van der Waals surface area contributed by atoms with E-state index in [1.807, 2.05) is 0 Å². The second-order valence-corrected chi connectivity index (χ2v) is 22.4. The number of pyridine rings is 1. The third-order valence-corrected chi connectivity index (χ3v) is 19.0. The number of nitrogens with zero attached hydrogens (tertiary/aromatic N) is 5. The van der Waals surface area contributed by atoms with Crippen molar-refractivity contribution in [2.45, 2.75) is 114 Å². The smallest absolute Gasteiger partial charge is 0.319 e. The van der Waals surface area contributed by atoms with Gasteiger partial charge in [-0.2, -0.15) is 9.97 Å². The summed E-state index contributed by atoms with van der Waals surface area (Å²) < 4.78 is 60.3. The van der Waals surface area contributed by atoms with Crippen LogP contribution in [0, 0.1) is 23.1 Å². The number of hydrogen-bond acceptors (Lipinski definition) is 8. The molecule has 2 aromatic heterocycles. The van der Waals surface area contributed by atoms with Gasteiger partial charge in [0.25, 0.3) is 0 Å². The van der Waals surface area contributed by atoms with Gasteiger partial charge in [0.05, 0.1) is 28.6 Å². The van der Waals surface area contributed by atoms with Crippen LogP contribution in [-0.2, 0) is 4.74 Å². The average Bonchev–Trinajstić information content (AvgIpc) is 3.73. The van der Waals surface area contributed by atoms with Crippen molar-refractivity contribution >= 4 is 35.6 Å². The summed E-state index contributed by atoms with van der Waals surface area (Å²) in [4.78, 5) is 18.5. The second kappa shape index (κ2) is 14.0. The normalized spacial score (nSPS) is 24.3. The Morgan fingerprint density at radius 3 is 2.59 bits per heavy atom. The summed E-state index contributed by atoms with van der Waals surface area (Å²) >= 11 is 0. The molecule has 5 heterocycles. The number of phenols is 1. The minimum atomic E-state index is -2.28. The number of halogens is 3. The molecule has 4 fully saturated rings. The molecule has 1 aliphatic carbocycles. The van der Waals surface area contributed by atoms with E-state index in [1.165, 1.54) is 18.2 Å². The van der Waals surface area contributed by atoms with Crippen molar-refractivity contribution in [2.75, 3.05) is 37.7 Å². The molecule has 3 aliphatic heterocycles. The zero-order valence-corrected chi connectivity index (χ0v) is 33.1. The lowest BCUT2D eigenvalue weighted by Gasteiger charge is -2.38. The second-order valence-electron chi connectivity index (χ2n) is 16.8. The van der Waals surface area contributed by atoms with Gasteiger partial charge in [-0.05, 0) is 72.4 Å². The van der Waals surface area contributed by atoms with E-state index >= 15 is 8.78 Å². The molecule has 3 saturated heterocycles. The van der Waals surface area contributed by atoms with E-state index in [0.717, 1.165) is 32.2 Å². The Labute approximate surface area is 316 Å². The van der Waals surface area contributed by atoms with Crippen LogP contribution in [0.1, 0.15) is 79.2 Å². The molecule has 2 unspecified atom stereocenters. The largest absolute Gasteiger partial charge is 0.508 e. The zero-order chi connectivity index (χ0) is 38.1. The first kappa shape index (κ1) is 37.0. The Morgan fingerprint density at radius 1 is 1.06 bits per heavy atom. The fraction of sp³-hybridized carbons (Fsp3) is 0.548. The number of hydrogen-bond donors (Lipinski definition) is 1. The zero-order valence-electron chi connectivity index (χ0n) is 32.1. The number of fused-ring (bicyclic) bond motifs is 4. The van der Waals surface area contributed by atoms with Gasteiger partial charge in [0, 0.05) is 43.3 Å². The van der Waals surface area contributed by atoms with Gasteiger partial charge in [-0.3, -0.25) is 9.88 Å². The van der Waals surface area contributed by atoms with Gasteiger partial charge in [0.1, 0.15) is 49.4 Å². The van der Waals surface area contributed by atoms with Crippen molar-refractivity contribution in [2.24, 2.45) is 0 Å². The lowest BCUT2D eigenvalue weighted by Crippen LogP contribution is -2.43. The van der Waals surface area contributed by atoms with Crippen LogP contribution in [-0.4, -0.2) is 89.7 Å². The molecular formula is C42H50F3N5O3Si. The maximum Gasteiger partial charge on any atom is 0.319 e. The van der Waals surface area contributed by atoms with E-state index in [2.05, 4.69) is 72.8 Å². The summed E-state index contributed by atoms with van der Waals surface area (Å²) in [6.07, 6.45) is 4.47. The van der Waals surface area contributed by atoms with Gasteiger partial charge < -0.3 is 19.5 Å². The van der Waals surface area contributed by atoms with E-state index in [0.29, 0.717) is 64.7 Å². The summed E-state index contributed by atoms with van der Waals surface area (Å²) in [5.41, 5.74) is 4.43. The van der Waals surface area contributed by atoms with Crippen LogP contribution >= 0.6 is 0 Å². The third kappa shape index (κ3) is 6.20. The number of alkyl halides is 1. The molecule has 54 heavy (non-hydrogen) atoms. The lowest BCUT2D eigenvalue weighted by atomic mass is 9.95. The molecule has 0 amide bonds. The van der Waals surface area contributed by atoms with E-state index in [1.54, 1.807) is 12.3 Å². The molecule has 0 spiro atoms. The van der Waals surface area contributed by atoms with Crippen molar-refractivity contribution in [3.63, 3.8) is 0 Å². The average molecular weight is 758 g/mol. The van der Waals surface area contributed by atoms with Gasteiger partial charge in [0.15, 0.2) is 5.82 Å². The SMILES string of the molecule is CC(C)[Si](C#Cc1c(F)ccc2cc(O)cc(-c3ncc4c(N5CCCOC6CC65)nc(OC[C@@]56CCCN5C[C@H](F)C6)nc4c3F)c12)(C(C)C)C(C)C. The van der Waals surface area contributed by atoms with Gasteiger partial charge in [-0.1, -0.05) is 53.5 Å². The Kier molecular flexibility index (Phi) is 9.59. The molecule has 12 heteroatoms. The Hall–Kier alpha value is -3.92. The minimum Gasteiger partial charge on any atom is -0.508 e. The van der Waals surface area contributed by atoms with Crippen LogP contribution in [0.2, 0.25) is 16.6 Å². The van der Waals surface area contributed by atoms with Gasteiger partial charge >= 0.3 is 6.01 Å². The highest BCUT2D eigenvalue weighted by Crippen LogP contribution is 2.45. The van der Waals surface area contributed by atoms with Crippen LogP contribution in [0.5, 0.6) is 11.8 Å². The summed E-state index contributed by atoms with van der Waals surface area (Å²) in [7, 11) is -2.28. The molecule has 1 N–H and O–H groups in total. The third-order valence-electron chi connectivity index (χ3n) is 12.7. The van der Waals surface area contributed by atoms with Crippen molar-refractivity contribution in [1.29, 1.82) is 0 Å². The molecule has 0 bridgehead atoms. The highest BCUT2D eigenvalue weighted by molar-refractivity contribution is 6.90. The van der Waals surface area contributed by atoms with Gasteiger partial charge in [-0.25, -0.2) is 13.2 Å². The van der Waals surface area contributed by atoms with E-state index in [-0.39, 0.29) is 52.9 Å². The predicted octanol–water partition coefficient (Wildman–Crippen LogP) is 8.72. The fourth-order valence-corrected chi connectivity index (χ4v) is 15.3. The number of aromatic hydroxyl groups is 1. The monoisotopic (exact) mass is 757 g/mol. The van der Waals surface area contributed by atoms with Crippen LogP contribution in [0.25, 0.3) is 32.9 Å². The highest BCUT2D eigenvalue weighted by atomic mass is 28.3. The number of benzene rings is 2. The van der Waals surface area contributed by atoms with Crippen molar-refractivity contribution < 1.29 is 27.8 Å². The highest BCUT2D eigenvalue weighted by Gasteiger charge is 2.50. The maximum absolute atomic E-state index is 17.3. The summed E-state index contributed by atoms with van der Waals surface area (Å²) in [5, 5.41) is 12.2. The minimum absolute atomic E-state index is 0.00399. The molecular weight excluding hydrogens is 708 g/mol. The van der Waals surface area contributed by atoms with Gasteiger partial charge in [-0.15, -0.1) is 5.54 Å². The topological polar surface area (TPSA) is 83.8 Å². The number of rotatable bonds is 8. The van der Waals surface area contributed by atoms with E-state index < -0.39 is 31.4 Å². The molecule has 8 nitrogen and oxygen atoms in total. The van der Waals surface area contributed by atoms with Crippen LogP contribution < -0.4 is 9.64 Å². The Bertz CT molecular complexity index is 2150. The Morgan fingerprint density at radius 2 is 1.83 bits per heavy atom. The molecule has 2 aromatic carbocycles. The van der Waals surface area contributed by atoms with Crippen LogP contribution in [0.15, 0.2) is 30.5 Å². The summed E-state index contributed by atoms with van der Waals surface area (Å²) in [5.74, 6) is 2.42. The fourth-order valence-electron chi connectivity index (χ4n) is 10.0. The lowest BCUT2D eigenvalue weighted by molar-refractivity contribution is 0.107. The first-order valence-corrected chi connectivity index (χ1v) is 21.8. The molecule has 8 rings (SSSR count). The maximum atomic E-state index is 17.3. The van der Waals surface area contributed by atoms with Crippen LogP contribution in [0.4, 0.5) is 19.0 Å². The number of aromatic nitrogens is 3. The van der Waals surface area contributed by atoms with E-state index in [4.69, 9.17) is 14.5 Å². The molecule has 1 saturated carbocycles. The van der Waals surface area contributed by atoms with Crippen molar-refractivity contribution in [3.8, 4) is 34.5 Å². The quantitative estimate of drug-likeness (QED) is 0.141. The first-order chi connectivity index (χ1) is 25.8. The van der Waals surface area contributed by atoms with Crippen molar-refractivity contribution in [3.05, 3.63) is 47.7 Å².